The second-order valence-corrected chi connectivity index (χ2v) is 5.99. The Labute approximate surface area is 126 Å². The summed E-state index contributed by atoms with van der Waals surface area (Å²) in [6.07, 6.45) is 5.79. The second-order valence-electron chi connectivity index (χ2n) is 5.99. The maximum Gasteiger partial charge on any atom is 0.305 e. The van der Waals surface area contributed by atoms with Crippen molar-refractivity contribution >= 4 is 11.9 Å². The third-order valence-electron chi connectivity index (χ3n) is 4.49. The van der Waals surface area contributed by atoms with Crippen LogP contribution in [0, 0.1) is 0 Å². The van der Waals surface area contributed by atoms with Gasteiger partial charge in [-0.25, -0.2) is 0 Å². The van der Waals surface area contributed by atoms with Crippen LogP contribution in [0.5, 0.6) is 0 Å². The van der Waals surface area contributed by atoms with Crippen LogP contribution in [-0.2, 0) is 14.3 Å². The standard InChI is InChI=1S/C15H28N2O4/c1-17(14(20)12(16)7-6-10-21-2)15(11-13(18)19)8-4-3-5-9-15/h12H,3-11,16H2,1-2H3,(H,18,19). The fraction of sp³-hybridized carbons (Fsp3) is 0.867. The Morgan fingerprint density at radius 2 is 1.95 bits per heavy atom. The van der Waals surface area contributed by atoms with Gasteiger partial charge in [0.25, 0.3) is 0 Å². The van der Waals surface area contributed by atoms with Gasteiger partial charge in [-0.1, -0.05) is 19.3 Å². The van der Waals surface area contributed by atoms with Crippen molar-refractivity contribution in [2.24, 2.45) is 5.73 Å². The summed E-state index contributed by atoms with van der Waals surface area (Å²) >= 11 is 0. The van der Waals surface area contributed by atoms with Gasteiger partial charge in [0, 0.05) is 20.8 Å². The number of methoxy groups -OCH3 is 1. The molecule has 0 spiro atoms. The van der Waals surface area contributed by atoms with E-state index in [9.17, 15) is 14.7 Å². The van der Waals surface area contributed by atoms with Crippen LogP contribution in [0.4, 0.5) is 0 Å². The molecule has 0 aliphatic heterocycles. The molecule has 0 aromatic heterocycles. The monoisotopic (exact) mass is 300 g/mol. The summed E-state index contributed by atoms with van der Waals surface area (Å²) in [5, 5.41) is 9.19. The fourth-order valence-corrected chi connectivity index (χ4v) is 3.18. The van der Waals surface area contributed by atoms with E-state index in [-0.39, 0.29) is 12.3 Å². The van der Waals surface area contributed by atoms with Gasteiger partial charge in [0.2, 0.25) is 5.91 Å². The Morgan fingerprint density at radius 3 is 2.48 bits per heavy atom. The SMILES string of the molecule is COCCCC(N)C(=O)N(C)C1(CC(=O)O)CCCCC1. The van der Waals surface area contributed by atoms with Crippen molar-refractivity contribution in [3.8, 4) is 0 Å². The number of hydrogen-bond acceptors (Lipinski definition) is 4. The van der Waals surface area contributed by atoms with E-state index >= 15 is 0 Å². The topological polar surface area (TPSA) is 92.9 Å². The number of nitrogens with two attached hydrogens (primary N) is 1. The maximum atomic E-state index is 12.5. The van der Waals surface area contributed by atoms with Gasteiger partial charge in [0.05, 0.1) is 18.0 Å². The average Bonchev–Trinajstić information content (AvgIpc) is 2.46. The van der Waals surface area contributed by atoms with E-state index in [1.165, 1.54) is 0 Å². The lowest BCUT2D eigenvalue weighted by atomic mass is 9.77. The Morgan fingerprint density at radius 1 is 1.33 bits per heavy atom. The molecule has 1 aliphatic carbocycles. The predicted molar refractivity (Wildman–Crippen MR) is 79.9 cm³/mol. The van der Waals surface area contributed by atoms with Crippen molar-refractivity contribution in [3.05, 3.63) is 0 Å². The van der Waals surface area contributed by atoms with Crippen molar-refractivity contribution in [2.45, 2.75) is 62.9 Å². The molecule has 6 heteroatoms. The van der Waals surface area contributed by atoms with Gasteiger partial charge in [-0.05, 0) is 25.7 Å². The second kappa shape index (κ2) is 8.34. The molecule has 0 bridgehead atoms. The van der Waals surface area contributed by atoms with Crippen molar-refractivity contribution in [3.63, 3.8) is 0 Å². The van der Waals surface area contributed by atoms with Crippen molar-refractivity contribution in [1.29, 1.82) is 0 Å². The number of likely N-dealkylation sites (N-methyl/N-ethyl adjacent to an activating group) is 1. The Balaban J connectivity index is 2.72. The highest BCUT2D eigenvalue weighted by atomic mass is 16.5. The molecule has 0 aromatic rings. The summed E-state index contributed by atoms with van der Waals surface area (Å²) in [6.45, 7) is 0.574. The number of ether oxygens (including phenoxy) is 1. The normalized spacial score (nSPS) is 19.0. The Hall–Kier alpha value is -1.14. The number of aliphatic carboxylic acids is 1. The van der Waals surface area contributed by atoms with E-state index in [0.29, 0.717) is 13.0 Å². The summed E-state index contributed by atoms with van der Waals surface area (Å²) in [5.74, 6) is -1.02. The zero-order valence-corrected chi connectivity index (χ0v) is 13.1. The Bertz CT molecular complexity index is 354. The number of hydrogen-bond donors (Lipinski definition) is 2. The lowest BCUT2D eigenvalue weighted by molar-refractivity contribution is -0.146. The van der Waals surface area contributed by atoms with Gasteiger partial charge in [0.15, 0.2) is 0 Å². The summed E-state index contributed by atoms with van der Waals surface area (Å²) in [7, 11) is 3.32. The molecule has 1 atom stereocenters. The van der Waals surface area contributed by atoms with Crippen LogP contribution in [0.15, 0.2) is 0 Å². The highest BCUT2D eigenvalue weighted by Gasteiger charge is 2.41. The number of amides is 1. The third kappa shape index (κ3) is 4.97. The first-order valence-electron chi connectivity index (χ1n) is 7.67. The summed E-state index contributed by atoms with van der Waals surface area (Å²) in [4.78, 5) is 25.3. The summed E-state index contributed by atoms with van der Waals surface area (Å²) in [5.41, 5.74) is 5.39. The number of carboxylic acids is 1. The van der Waals surface area contributed by atoms with E-state index in [1.54, 1.807) is 19.1 Å². The van der Waals surface area contributed by atoms with E-state index in [1.807, 2.05) is 0 Å². The Kier molecular flexibility index (Phi) is 7.11. The van der Waals surface area contributed by atoms with Crippen LogP contribution in [0.2, 0.25) is 0 Å². The first-order chi connectivity index (χ1) is 9.93. The molecule has 3 N–H and O–H groups in total. The number of nitrogens with zero attached hydrogens (tertiary/aromatic N) is 1. The first kappa shape index (κ1) is 17.9. The first-order valence-corrected chi connectivity index (χ1v) is 7.67. The molecule has 1 amide bonds. The minimum absolute atomic E-state index is 0.0000309. The lowest BCUT2D eigenvalue weighted by Gasteiger charge is -2.44. The molecular formula is C15H28N2O4. The summed E-state index contributed by atoms with van der Waals surface area (Å²) < 4.78 is 4.96. The van der Waals surface area contributed by atoms with E-state index in [2.05, 4.69) is 0 Å². The van der Waals surface area contributed by atoms with Crippen molar-refractivity contribution in [1.82, 2.24) is 4.90 Å². The van der Waals surface area contributed by atoms with Crippen molar-refractivity contribution in [2.75, 3.05) is 20.8 Å². The molecule has 1 fully saturated rings. The molecular weight excluding hydrogens is 272 g/mol. The predicted octanol–water partition coefficient (Wildman–Crippen LogP) is 1.38. The average molecular weight is 300 g/mol. The van der Waals surface area contributed by atoms with Crippen LogP contribution in [-0.4, -0.2) is 54.2 Å². The largest absolute Gasteiger partial charge is 0.481 e. The molecule has 21 heavy (non-hydrogen) atoms. The van der Waals surface area contributed by atoms with Gasteiger partial charge >= 0.3 is 5.97 Å². The van der Waals surface area contributed by atoms with Crippen molar-refractivity contribution < 1.29 is 19.4 Å². The minimum Gasteiger partial charge on any atom is -0.481 e. The lowest BCUT2D eigenvalue weighted by Crippen LogP contribution is -2.56. The fourth-order valence-electron chi connectivity index (χ4n) is 3.18. The maximum absolute atomic E-state index is 12.5. The number of carboxylic acid groups (broad SMARTS) is 1. The van der Waals surface area contributed by atoms with Gasteiger partial charge in [-0.3, -0.25) is 9.59 Å². The molecule has 122 valence electrons. The highest BCUT2D eigenvalue weighted by molar-refractivity contribution is 5.83. The highest BCUT2D eigenvalue weighted by Crippen LogP contribution is 2.36. The van der Waals surface area contributed by atoms with Crippen LogP contribution in [0.3, 0.4) is 0 Å². The smallest absolute Gasteiger partial charge is 0.305 e. The molecule has 1 saturated carbocycles. The molecule has 6 nitrogen and oxygen atoms in total. The van der Waals surface area contributed by atoms with Crippen LogP contribution in [0.25, 0.3) is 0 Å². The van der Waals surface area contributed by atoms with Crippen LogP contribution < -0.4 is 5.73 Å². The number of rotatable bonds is 8. The molecule has 1 unspecified atom stereocenters. The molecule has 1 aliphatic rings. The van der Waals surface area contributed by atoms with E-state index in [0.717, 1.165) is 38.5 Å². The van der Waals surface area contributed by atoms with Crippen LogP contribution >= 0.6 is 0 Å². The van der Waals surface area contributed by atoms with Crippen LogP contribution in [0.1, 0.15) is 51.4 Å². The van der Waals surface area contributed by atoms with Gasteiger partial charge in [-0.2, -0.15) is 0 Å². The summed E-state index contributed by atoms with van der Waals surface area (Å²) in [6, 6.07) is -0.585. The number of carbonyl (C=O) groups is 2. The van der Waals surface area contributed by atoms with E-state index in [4.69, 9.17) is 10.5 Å². The third-order valence-corrected chi connectivity index (χ3v) is 4.49. The van der Waals surface area contributed by atoms with Gasteiger partial charge in [0.1, 0.15) is 0 Å². The quantitative estimate of drug-likeness (QED) is 0.661. The molecule has 0 heterocycles. The zero-order chi connectivity index (χ0) is 15.9. The molecule has 0 radical (unpaired) electrons. The molecule has 0 aromatic carbocycles. The van der Waals surface area contributed by atoms with E-state index < -0.39 is 17.6 Å². The molecule has 0 saturated heterocycles. The minimum atomic E-state index is -0.857. The zero-order valence-electron chi connectivity index (χ0n) is 13.1. The number of carbonyl (C=O) groups excluding carboxylic acids is 1. The van der Waals surface area contributed by atoms with Gasteiger partial charge < -0.3 is 20.5 Å². The molecule has 1 rings (SSSR count). The van der Waals surface area contributed by atoms with Gasteiger partial charge in [-0.15, -0.1) is 0 Å².